The zero-order chi connectivity index (χ0) is 17.5. The van der Waals surface area contributed by atoms with Crippen molar-refractivity contribution >= 4 is 17.6 Å². The second-order valence-corrected chi connectivity index (χ2v) is 4.60. The van der Waals surface area contributed by atoms with Gasteiger partial charge in [-0.15, -0.1) is 0 Å². The van der Waals surface area contributed by atoms with E-state index in [1.165, 1.54) is 39.7 Å². The molecule has 0 spiro atoms. The number of non-ortho nitro benzene ring substituents is 1. The van der Waals surface area contributed by atoms with Crippen LogP contribution in [0.25, 0.3) is 0 Å². The molecule has 126 valence electrons. The summed E-state index contributed by atoms with van der Waals surface area (Å²) in [6.45, 7) is 0. The van der Waals surface area contributed by atoms with Gasteiger partial charge in [0.1, 0.15) is 0 Å². The van der Waals surface area contributed by atoms with Gasteiger partial charge in [0.25, 0.3) is 5.69 Å². The molecule has 0 aromatic heterocycles. The lowest BCUT2D eigenvalue weighted by Gasteiger charge is -2.13. The van der Waals surface area contributed by atoms with E-state index in [4.69, 9.17) is 14.2 Å². The van der Waals surface area contributed by atoms with Crippen molar-refractivity contribution in [2.24, 2.45) is 5.10 Å². The first-order valence-corrected chi connectivity index (χ1v) is 6.93. The lowest BCUT2D eigenvalue weighted by atomic mass is 10.2. The standard InChI is InChI=1S/C16H17N3O5/c1-22-14-8-7-11(15(23-2)16(14)24-3)10-17-18-12-5-4-6-13(9-12)19(20)21/h4-10,18H,1-3H3. The fraction of sp³-hybridized carbons (Fsp3) is 0.188. The van der Waals surface area contributed by atoms with Crippen LogP contribution in [0, 0.1) is 10.1 Å². The van der Waals surface area contributed by atoms with Crippen LogP contribution in [-0.4, -0.2) is 32.5 Å². The number of hydrazone groups is 1. The third-order valence-corrected chi connectivity index (χ3v) is 3.19. The van der Waals surface area contributed by atoms with E-state index in [0.717, 1.165) is 0 Å². The molecule has 0 heterocycles. The number of hydrogen-bond donors (Lipinski definition) is 1. The molecule has 0 aliphatic rings. The zero-order valence-electron chi connectivity index (χ0n) is 13.5. The largest absolute Gasteiger partial charge is 0.493 e. The molecule has 0 atom stereocenters. The van der Waals surface area contributed by atoms with E-state index in [1.807, 2.05) is 0 Å². The number of nitro benzene ring substituents is 1. The highest BCUT2D eigenvalue weighted by Crippen LogP contribution is 2.39. The third kappa shape index (κ3) is 3.72. The number of benzene rings is 2. The number of nitro groups is 1. The normalized spacial score (nSPS) is 10.5. The van der Waals surface area contributed by atoms with Gasteiger partial charge in [0.15, 0.2) is 11.5 Å². The minimum atomic E-state index is -0.466. The van der Waals surface area contributed by atoms with Gasteiger partial charge in [-0.3, -0.25) is 15.5 Å². The van der Waals surface area contributed by atoms with Crippen molar-refractivity contribution in [2.45, 2.75) is 0 Å². The molecule has 2 aromatic carbocycles. The van der Waals surface area contributed by atoms with Crippen LogP contribution < -0.4 is 19.6 Å². The molecule has 2 rings (SSSR count). The zero-order valence-corrected chi connectivity index (χ0v) is 13.5. The molecule has 0 aliphatic heterocycles. The summed E-state index contributed by atoms with van der Waals surface area (Å²) in [7, 11) is 4.57. The van der Waals surface area contributed by atoms with Gasteiger partial charge in [0.2, 0.25) is 5.75 Å². The fourth-order valence-electron chi connectivity index (χ4n) is 2.09. The lowest BCUT2D eigenvalue weighted by molar-refractivity contribution is -0.384. The maximum Gasteiger partial charge on any atom is 0.271 e. The van der Waals surface area contributed by atoms with Gasteiger partial charge in [-0.25, -0.2) is 0 Å². The number of anilines is 1. The van der Waals surface area contributed by atoms with E-state index in [2.05, 4.69) is 10.5 Å². The molecule has 0 saturated carbocycles. The Morgan fingerprint density at radius 1 is 1.08 bits per heavy atom. The van der Waals surface area contributed by atoms with Gasteiger partial charge < -0.3 is 14.2 Å². The van der Waals surface area contributed by atoms with E-state index in [1.54, 1.807) is 24.3 Å². The Hall–Kier alpha value is -3.29. The van der Waals surface area contributed by atoms with E-state index in [-0.39, 0.29) is 5.69 Å². The first-order valence-electron chi connectivity index (χ1n) is 6.93. The summed E-state index contributed by atoms with van der Waals surface area (Å²) in [5, 5.41) is 14.8. The second kappa shape index (κ2) is 7.82. The highest BCUT2D eigenvalue weighted by molar-refractivity contribution is 5.86. The highest BCUT2D eigenvalue weighted by Gasteiger charge is 2.14. The van der Waals surface area contributed by atoms with Gasteiger partial charge in [0.05, 0.1) is 38.2 Å². The third-order valence-electron chi connectivity index (χ3n) is 3.19. The number of rotatable bonds is 7. The van der Waals surface area contributed by atoms with Crippen LogP contribution >= 0.6 is 0 Å². The quantitative estimate of drug-likeness (QED) is 0.476. The highest BCUT2D eigenvalue weighted by atomic mass is 16.6. The second-order valence-electron chi connectivity index (χ2n) is 4.60. The minimum absolute atomic E-state index is 0.0149. The Balaban J connectivity index is 2.23. The molecule has 0 unspecified atom stereocenters. The molecule has 0 amide bonds. The molecule has 0 radical (unpaired) electrons. The lowest BCUT2D eigenvalue weighted by Crippen LogP contribution is -1.99. The van der Waals surface area contributed by atoms with Crippen molar-refractivity contribution < 1.29 is 19.1 Å². The summed E-state index contributed by atoms with van der Waals surface area (Å²) in [5.41, 5.74) is 3.89. The Morgan fingerprint density at radius 3 is 2.46 bits per heavy atom. The molecular formula is C16H17N3O5. The van der Waals surface area contributed by atoms with Gasteiger partial charge in [0, 0.05) is 17.7 Å². The van der Waals surface area contributed by atoms with Gasteiger partial charge >= 0.3 is 0 Å². The Bertz CT molecular complexity index is 761. The number of hydrogen-bond acceptors (Lipinski definition) is 7. The monoisotopic (exact) mass is 331 g/mol. The average molecular weight is 331 g/mol. The Morgan fingerprint density at radius 2 is 1.83 bits per heavy atom. The van der Waals surface area contributed by atoms with E-state index >= 15 is 0 Å². The molecule has 0 aliphatic carbocycles. The average Bonchev–Trinajstić information content (AvgIpc) is 2.61. The maximum atomic E-state index is 10.8. The van der Waals surface area contributed by atoms with Crippen molar-refractivity contribution in [1.29, 1.82) is 0 Å². The summed E-state index contributed by atoms with van der Waals surface area (Å²) in [6, 6.07) is 9.55. The summed E-state index contributed by atoms with van der Waals surface area (Å²) in [5.74, 6) is 1.47. The molecule has 8 heteroatoms. The van der Waals surface area contributed by atoms with E-state index in [0.29, 0.717) is 28.5 Å². The van der Waals surface area contributed by atoms with E-state index in [9.17, 15) is 10.1 Å². The molecule has 0 saturated heterocycles. The van der Waals surface area contributed by atoms with Crippen LogP contribution in [0.4, 0.5) is 11.4 Å². The topological polar surface area (TPSA) is 95.2 Å². The van der Waals surface area contributed by atoms with Gasteiger partial charge in [-0.1, -0.05) is 6.07 Å². The summed E-state index contributed by atoms with van der Waals surface area (Å²) >= 11 is 0. The molecule has 8 nitrogen and oxygen atoms in total. The van der Waals surface area contributed by atoms with Crippen LogP contribution in [0.1, 0.15) is 5.56 Å². The number of ether oxygens (including phenoxy) is 3. The minimum Gasteiger partial charge on any atom is -0.493 e. The van der Waals surface area contributed by atoms with Crippen LogP contribution in [-0.2, 0) is 0 Å². The molecule has 2 aromatic rings. The Kier molecular flexibility index (Phi) is 5.56. The SMILES string of the molecule is COc1ccc(C=NNc2cccc([N+](=O)[O-])c2)c(OC)c1OC. The Labute approximate surface area is 138 Å². The van der Waals surface area contributed by atoms with Crippen LogP contribution in [0.2, 0.25) is 0 Å². The summed E-state index contributed by atoms with van der Waals surface area (Å²) < 4.78 is 15.9. The van der Waals surface area contributed by atoms with Crippen molar-refractivity contribution in [1.82, 2.24) is 0 Å². The van der Waals surface area contributed by atoms with Crippen molar-refractivity contribution in [3.8, 4) is 17.2 Å². The predicted molar refractivity (Wildman–Crippen MR) is 90.4 cm³/mol. The number of nitrogens with zero attached hydrogens (tertiary/aromatic N) is 2. The predicted octanol–water partition coefficient (Wildman–Crippen LogP) is 3.07. The number of methoxy groups -OCH3 is 3. The maximum absolute atomic E-state index is 10.8. The summed E-state index contributed by atoms with van der Waals surface area (Å²) in [4.78, 5) is 10.3. The van der Waals surface area contributed by atoms with E-state index < -0.39 is 4.92 Å². The molecule has 24 heavy (non-hydrogen) atoms. The van der Waals surface area contributed by atoms with Crippen molar-refractivity contribution in [3.05, 3.63) is 52.1 Å². The summed E-state index contributed by atoms with van der Waals surface area (Å²) in [6.07, 6.45) is 1.53. The van der Waals surface area contributed by atoms with Crippen molar-refractivity contribution in [2.75, 3.05) is 26.8 Å². The molecular weight excluding hydrogens is 314 g/mol. The van der Waals surface area contributed by atoms with Gasteiger partial charge in [-0.2, -0.15) is 5.10 Å². The number of nitrogens with one attached hydrogen (secondary N) is 1. The molecule has 1 N–H and O–H groups in total. The van der Waals surface area contributed by atoms with Crippen LogP contribution in [0.5, 0.6) is 17.2 Å². The first kappa shape index (κ1) is 17.1. The fourth-order valence-corrected chi connectivity index (χ4v) is 2.09. The first-order chi connectivity index (χ1) is 11.6. The van der Waals surface area contributed by atoms with Crippen LogP contribution in [0.3, 0.4) is 0 Å². The molecule has 0 fully saturated rings. The molecule has 0 bridgehead atoms. The van der Waals surface area contributed by atoms with Gasteiger partial charge in [-0.05, 0) is 18.2 Å². The van der Waals surface area contributed by atoms with Crippen molar-refractivity contribution in [3.63, 3.8) is 0 Å². The smallest absolute Gasteiger partial charge is 0.271 e. The van der Waals surface area contributed by atoms with Crippen LogP contribution in [0.15, 0.2) is 41.5 Å².